The fourth-order valence-electron chi connectivity index (χ4n) is 5.60. The molecule has 0 aliphatic carbocycles. The van der Waals surface area contributed by atoms with Crippen LogP contribution < -0.4 is 20.2 Å². The number of hydrogen-bond donors (Lipinski definition) is 0. The van der Waals surface area contributed by atoms with Crippen LogP contribution in [-0.4, -0.2) is 21.9 Å². The van der Waals surface area contributed by atoms with Crippen molar-refractivity contribution in [2.45, 2.75) is 53.4 Å². The summed E-state index contributed by atoms with van der Waals surface area (Å²) in [5.41, 5.74) is 12.2. The molecule has 0 amide bonds. The molecule has 8 nitrogen and oxygen atoms in total. The Morgan fingerprint density at radius 2 is 1.28 bits per heavy atom. The third-order valence-corrected chi connectivity index (χ3v) is 8.04. The number of carbonyl (C=O) groups is 2. The van der Waals surface area contributed by atoms with Gasteiger partial charge in [-0.2, -0.15) is 0 Å². The van der Waals surface area contributed by atoms with Crippen LogP contribution >= 0.6 is 0 Å². The Labute approximate surface area is 261 Å². The van der Waals surface area contributed by atoms with Crippen molar-refractivity contribution in [2.75, 3.05) is 0 Å². The molecule has 5 heterocycles. The molecule has 8 bridgehead atoms. The number of aromatic nitrogens is 4. The van der Waals surface area contributed by atoms with Crippen molar-refractivity contribution in [3.63, 3.8) is 0 Å². The number of aliphatic carboxylic acids is 2. The molecule has 0 saturated heterocycles. The van der Waals surface area contributed by atoms with Crippen LogP contribution in [0.2, 0.25) is 0 Å². The topological polar surface area (TPSA) is 134 Å². The van der Waals surface area contributed by atoms with Gasteiger partial charge in [-0.15, -0.1) is 22.1 Å². The molecule has 1 radical (unpaired) electrons. The Kier molecular flexibility index (Phi) is 9.08. The Balaban J connectivity index is 0.00000264. The molecule has 0 atom stereocenters. The summed E-state index contributed by atoms with van der Waals surface area (Å²) < 4.78 is 0. The van der Waals surface area contributed by atoms with Crippen molar-refractivity contribution < 1.29 is 38.0 Å². The van der Waals surface area contributed by atoms with E-state index in [4.69, 9.17) is 19.9 Å². The summed E-state index contributed by atoms with van der Waals surface area (Å²) in [6, 6.07) is 7.52. The third kappa shape index (κ3) is 5.91. The number of carboxylic acid groups (broad SMARTS) is 2. The summed E-state index contributed by atoms with van der Waals surface area (Å²) >= 11 is 0. The number of fused-ring (bicyclic) bond motifs is 8. The molecule has 0 fully saturated rings. The van der Waals surface area contributed by atoms with E-state index in [0.29, 0.717) is 28.1 Å². The molecule has 221 valence electrons. The summed E-state index contributed by atoms with van der Waals surface area (Å²) in [6.45, 7) is 15.8. The number of aryl methyl sites for hydroxylation is 3. The Bertz CT molecular complexity index is 1930. The third-order valence-electron chi connectivity index (χ3n) is 8.04. The van der Waals surface area contributed by atoms with E-state index >= 15 is 0 Å². The van der Waals surface area contributed by atoms with Gasteiger partial charge >= 0.3 is 18.2 Å². The quantitative estimate of drug-likeness (QED) is 0.367. The summed E-state index contributed by atoms with van der Waals surface area (Å²) in [5.74, 6) is -2.31. The van der Waals surface area contributed by atoms with Crippen LogP contribution in [0.15, 0.2) is 43.5 Å². The molecule has 3 aromatic heterocycles. The average molecular weight is 619 g/mol. The predicted octanol–water partition coefficient (Wildman–Crippen LogP) is 4.20. The van der Waals surface area contributed by atoms with Gasteiger partial charge in [-0.25, -0.2) is 9.97 Å². The minimum atomic E-state index is -1.16. The maximum atomic E-state index is 11.4. The fraction of sp³-hybridized carbons (Fsp3) is 0.235. The molecule has 0 N–H and O–H groups in total. The van der Waals surface area contributed by atoms with Crippen molar-refractivity contribution in [1.29, 1.82) is 0 Å². The second kappa shape index (κ2) is 12.4. The molecule has 9 heteroatoms. The van der Waals surface area contributed by atoms with Gasteiger partial charge in [0.05, 0.1) is 22.8 Å². The molecule has 0 unspecified atom stereocenters. The zero-order valence-corrected chi connectivity index (χ0v) is 25.5. The predicted molar refractivity (Wildman–Crippen MR) is 162 cm³/mol. The smallest absolute Gasteiger partial charge is 0.657 e. The molecule has 2 aliphatic rings. The maximum Gasteiger partial charge on any atom is 2.00 e. The van der Waals surface area contributed by atoms with Crippen LogP contribution in [0.3, 0.4) is 0 Å². The molecule has 5 rings (SSSR count). The molecule has 0 aromatic carbocycles. The van der Waals surface area contributed by atoms with E-state index in [9.17, 15) is 19.8 Å². The molecule has 0 spiro atoms. The Morgan fingerprint density at radius 3 is 1.93 bits per heavy atom. The van der Waals surface area contributed by atoms with E-state index in [2.05, 4.69) is 13.2 Å². The van der Waals surface area contributed by atoms with Crippen LogP contribution in [0.4, 0.5) is 0 Å². The van der Waals surface area contributed by atoms with E-state index in [1.807, 2.05) is 45.9 Å². The van der Waals surface area contributed by atoms with Gasteiger partial charge in [0.1, 0.15) is 0 Å². The van der Waals surface area contributed by atoms with Gasteiger partial charge in [0.2, 0.25) is 0 Å². The first kappa shape index (κ1) is 31.5. The standard InChI is InChI=1S/C34H34N4O4.Co/c1-7-21-17(3)25-13-26-19(5)23(9-11-33(39)40)31(37-26)16-32-24(10-12-34(41)42)20(6)28(38-32)15-30-22(8-2)18(4)27(36-30)14-29(21)35-25;/h7-8,13-16H,1-2,9-12H2,3-6H3,(H4,35,36,37,38,39,40,41,42);/q;+2/p-3. The summed E-state index contributed by atoms with van der Waals surface area (Å²) in [6.07, 6.45) is 3.65. The summed E-state index contributed by atoms with van der Waals surface area (Å²) in [7, 11) is 0. The minimum Gasteiger partial charge on any atom is -0.657 e. The van der Waals surface area contributed by atoms with Crippen LogP contribution in [0.25, 0.3) is 50.4 Å². The molecule has 2 aliphatic heterocycles. The summed E-state index contributed by atoms with van der Waals surface area (Å²) in [5, 5.41) is 22.8. The average Bonchev–Trinajstić information content (AvgIpc) is 3.59. The number of allylic oxidation sites excluding steroid dienone is 5. The van der Waals surface area contributed by atoms with Crippen molar-refractivity contribution in [3.05, 3.63) is 88.5 Å². The van der Waals surface area contributed by atoms with Gasteiger partial charge in [0.25, 0.3) is 0 Å². The number of hydrogen-bond acceptors (Lipinski definition) is 6. The SMILES string of the molecule is C=CC1=C(C)c2cc3[n-]c(cc4nc(cc5[n-]c(cc1n2)c(C)c5CCC(=O)[O-])C(CCC(=O)[O-])=C4C)c(C)c3C=C.[Co+2].[H+]. The Morgan fingerprint density at radius 1 is 0.744 bits per heavy atom. The van der Waals surface area contributed by atoms with E-state index < -0.39 is 11.9 Å². The van der Waals surface area contributed by atoms with Gasteiger partial charge in [-0.1, -0.05) is 66.3 Å². The largest absolute Gasteiger partial charge is 2.00 e. The minimum absolute atomic E-state index is 0. The van der Waals surface area contributed by atoms with Crippen LogP contribution in [0.5, 0.6) is 0 Å². The van der Waals surface area contributed by atoms with Crippen molar-refractivity contribution in [1.82, 2.24) is 19.9 Å². The Hall–Kier alpha value is -4.47. The van der Waals surface area contributed by atoms with E-state index in [1.54, 1.807) is 18.2 Å². The second-order valence-electron chi connectivity index (χ2n) is 10.5. The van der Waals surface area contributed by atoms with E-state index in [1.165, 1.54) is 0 Å². The molecular weight excluding hydrogens is 587 g/mol. The molecule has 43 heavy (non-hydrogen) atoms. The summed E-state index contributed by atoms with van der Waals surface area (Å²) in [4.78, 5) is 42.4. The van der Waals surface area contributed by atoms with Gasteiger partial charge < -0.3 is 29.8 Å². The number of rotatable bonds is 8. The van der Waals surface area contributed by atoms with E-state index in [0.717, 1.165) is 61.3 Å². The first-order valence-electron chi connectivity index (χ1n) is 13.7. The second-order valence-corrected chi connectivity index (χ2v) is 10.5. The number of carboxylic acids is 2. The van der Waals surface area contributed by atoms with Gasteiger partial charge in [0, 0.05) is 17.5 Å². The molecular formula is C34H31CoN4O4-. The van der Waals surface area contributed by atoms with Gasteiger partial charge in [0.15, 0.2) is 0 Å². The zero-order valence-electron chi connectivity index (χ0n) is 25.5. The maximum absolute atomic E-state index is 11.4. The van der Waals surface area contributed by atoms with Crippen molar-refractivity contribution >= 4 is 62.4 Å². The van der Waals surface area contributed by atoms with Crippen LogP contribution in [-0.2, 0) is 32.8 Å². The van der Waals surface area contributed by atoms with Crippen molar-refractivity contribution in [2.24, 2.45) is 0 Å². The fourth-order valence-corrected chi connectivity index (χ4v) is 5.60. The van der Waals surface area contributed by atoms with Gasteiger partial charge in [-0.05, 0) is 75.7 Å². The van der Waals surface area contributed by atoms with Crippen LogP contribution in [0.1, 0.15) is 79.6 Å². The molecule has 3 aromatic rings. The number of nitrogens with zero attached hydrogens (tertiary/aromatic N) is 4. The number of carbonyl (C=O) groups excluding carboxylic acids is 2. The normalized spacial score (nSPS) is 12.7. The van der Waals surface area contributed by atoms with Crippen LogP contribution in [0, 0.1) is 13.8 Å². The van der Waals surface area contributed by atoms with E-state index in [-0.39, 0.29) is 43.9 Å². The monoisotopic (exact) mass is 618 g/mol. The zero-order chi connectivity index (χ0) is 30.3. The first-order chi connectivity index (χ1) is 20.0. The van der Waals surface area contributed by atoms with Crippen molar-refractivity contribution in [3.8, 4) is 0 Å². The molecule has 0 saturated carbocycles. The first-order valence-corrected chi connectivity index (χ1v) is 13.7. The van der Waals surface area contributed by atoms with Gasteiger partial charge in [-0.3, -0.25) is 0 Å².